The first kappa shape index (κ1) is 13.0. The second kappa shape index (κ2) is 5.85. The summed E-state index contributed by atoms with van der Waals surface area (Å²) < 4.78 is 0. The van der Waals surface area contributed by atoms with Gasteiger partial charge in [-0.15, -0.1) is 0 Å². The van der Waals surface area contributed by atoms with Gasteiger partial charge in [0.25, 0.3) is 0 Å². The predicted molar refractivity (Wildman–Crippen MR) is 76.9 cm³/mol. The molecule has 1 rings (SSSR count). The summed E-state index contributed by atoms with van der Waals surface area (Å²) in [6, 6.07) is 10.9. The van der Waals surface area contributed by atoms with Gasteiger partial charge in [0.2, 0.25) is 0 Å². The summed E-state index contributed by atoms with van der Waals surface area (Å²) in [4.78, 5) is 0. The number of hydrogen-bond acceptors (Lipinski definition) is 0. The van der Waals surface area contributed by atoms with Crippen molar-refractivity contribution >= 4 is 13.3 Å². The molecule has 0 heterocycles. The summed E-state index contributed by atoms with van der Waals surface area (Å²) in [5.41, 5.74) is 0.658. The summed E-state index contributed by atoms with van der Waals surface area (Å²) in [6.07, 6.45) is 8.67. The van der Waals surface area contributed by atoms with Crippen molar-refractivity contribution in [1.29, 1.82) is 0 Å². The minimum atomic E-state index is -1.35. The number of allylic oxidation sites excluding steroid dienone is 4. The molecule has 0 N–H and O–H groups in total. The lowest BCUT2D eigenvalue weighted by atomic mass is 10.4. The van der Waals surface area contributed by atoms with E-state index in [0.717, 1.165) is 0 Å². The van der Waals surface area contributed by atoms with Crippen molar-refractivity contribution in [2.75, 3.05) is 0 Å². The van der Waals surface area contributed by atoms with Crippen molar-refractivity contribution in [2.24, 2.45) is 0 Å². The van der Waals surface area contributed by atoms with Crippen LogP contribution in [0.25, 0.3) is 0 Å². The molecule has 0 saturated heterocycles. The highest BCUT2D eigenvalue weighted by Crippen LogP contribution is 2.22. The molecule has 0 saturated carbocycles. The first-order valence-electron chi connectivity index (χ1n) is 5.94. The summed E-state index contributed by atoms with van der Waals surface area (Å²) in [7, 11) is -1.35. The van der Waals surface area contributed by atoms with Gasteiger partial charge in [-0.1, -0.05) is 79.8 Å². The number of hydrogen-bond donors (Lipinski definition) is 0. The van der Waals surface area contributed by atoms with Crippen LogP contribution in [0.4, 0.5) is 0 Å². The molecule has 0 unspecified atom stereocenters. The van der Waals surface area contributed by atoms with E-state index in [1.807, 2.05) is 0 Å². The molecule has 0 aliphatic carbocycles. The third kappa shape index (κ3) is 3.21. The van der Waals surface area contributed by atoms with E-state index < -0.39 is 8.07 Å². The quantitative estimate of drug-likeness (QED) is 0.539. The minimum absolute atomic E-state index is 0.658. The van der Waals surface area contributed by atoms with Crippen molar-refractivity contribution in [2.45, 2.75) is 32.5 Å². The van der Waals surface area contributed by atoms with Gasteiger partial charge in [0.1, 0.15) is 0 Å². The molecule has 1 aromatic carbocycles. The number of benzene rings is 1. The Morgan fingerprint density at radius 1 is 1.06 bits per heavy atom. The lowest BCUT2D eigenvalue weighted by Gasteiger charge is -2.28. The first-order chi connectivity index (χ1) is 7.59. The maximum absolute atomic E-state index is 2.44. The van der Waals surface area contributed by atoms with Gasteiger partial charge in [-0.25, -0.2) is 0 Å². The molecule has 0 spiro atoms. The monoisotopic (exact) mass is 230 g/mol. The summed E-state index contributed by atoms with van der Waals surface area (Å²) in [5, 5.41) is 1.53. The molecular formula is C15H22Si. The molecule has 0 fully saturated rings. The lowest BCUT2D eigenvalue weighted by molar-refractivity contribution is 1.14. The third-order valence-electron chi connectivity index (χ3n) is 3.36. The van der Waals surface area contributed by atoms with Gasteiger partial charge in [0.15, 0.2) is 0 Å². The summed E-state index contributed by atoms with van der Waals surface area (Å²) in [6.45, 7) is 9.26. The van der Waals surface area contributed by atoms with Crippen LogP contribution in [-0.4, -0.2) is 8.07 Å². The van der Waals surface area contributed by atoms with Crippen molar-refractivity contribution < 1.29 is 0 Å². The Labute approximate surface area is 101 Å². The number of rotatable bonds is 4. The van der Waals surface area contributed by atoms with Gasteiger partial charge in [-0.3, -0.25) is 0 Å². The highest BCUT2D eigenvalue weighted by Gasteiger charge is 2.28. The van der Waals surface area contributed by atoms with Crippen LogP contribution in [0.2, 0.25) is 18.6 Å². The van der Waals surface area contributed by atoms with Crippen LogP contribution < -0.4 is 5.19 Å². The highest BCUT2D eigenvalue weighted by atomic mass is 28.3. The van der Waals surface area contributed by atoms with E-state index in [-0.39, 0.29) is 0 Å². The molecule has 0 radical (unpaired) electrons. The van der Waals surface area contributed by atoms with Crippen molar-refractivity contribution in [3.63, 3.8) is 0 Å². The van der Waals surface area contributed by atoms with Gasteiger partial charge < -0.3 is 0 Å². The average molecular weight is 230 g/mol. The zero-order valence-electron chi connectivity index (χ0n) is 10.8. The smallest absolute Gasteiger partial charge is 0.0871 e. The third-order valence-corrected chi connectivity index (χ3v) is 7.65. The second-order valence-corrected chi connectivity index (χ2v) is 9.72. The largest absolute Gasteiger partial charge is 0.0877 e. The van der Waals surface area contributed by atoms with Crippen LogP contribution in [-0.2, 0) is 0 Å². The standard InChI is InChI=1S/C15H22Si/c1-5-6-8-11-14(2)16(3,4)15-12-9-7-10-13-15/h5-14H,1-4H3/b6-5+,11-8-/t14-/m0/s1. The Kier molecular flexibility index (Phi) is 4.75. The van der Waals surface area contributed by atoms with Gasteiger partial charge in [-0.2, -0.15) is 0 Å². The maximum atomic E-state index is 2.44. The van der Waals surface area contributed by atoms with Gasteiger partial charge in [0.05, 0.1) is 8.07 Å². The molecule has 0 aliphatic rings. The summed E-state index contributed by atoms with van der Waals surface area (Å²) >= 11 is 0. The Morgan fingerprint density at radius 3 is 2.25 bits per heavy atom. The average Bonchev–Trinajstić information content (AvgIpc) is 2.30. The van der Waals surface area contributed by atoms with Crippen LogP contribution in [0.15, 0.2) is 54.6 Å². The Balaban J connectivity index is 2.85. The Bertz CT molecular complexity index is 360. The zero-order valence-corrected chi connectivity index (χ0v) is 11.8. The lowest BCUT2D eigenvalue weighted by Crippen LogP contribution is -2.44. The van der Waals surface area contributed by atoms with Gasteiger partial charge in [-0.05, 0) is 12.5 Å². The van der Waals surface area contributed by atoms with Crippen molar-refractivity contribution in [1.82, 2.24) is 0 Å². The maximum Gasteiger partial charge on any atom is 0.0871 e. The van der Waals surface area contributed by atoms with E-state index in [0.29, 0.717) is 5.54 Å². The molecule has 86 valence electrons. The molecule has 16 heavy (non-hydrogen) atoms. The second-order valence-electron chi connectivity index (χ2n) is 4.79. The molecule has 0 bridgehead atoms. The van der Waals surface area contributed by atoms with Gasteiger partial charge >= 0.3 is 0 Å². The van der Waals surface area contributed by atoms with Gasteiger partial charge in [0, 0.05) is 0 Å². The Hall–Kier alpha value is -1.08. The summed E-state index contributed by atoms with van der Waals surface area (Å²) in [5.74, 6) is 0. The molecule has 1 aromatic rings. The fraction of sp³-hybridized carbons (Fsp3) is 0.333. The highest BCUT2D eigenvalue weighted by molar-refractivity contribution is 6.91. The fourth-order valence-electron chi connectivity index (χ4n) is 1.71. The molecular weight excluding hydrogens is 208 g/mol. The normalized spacial score (nSPS) is 14.8. The van der Waals surface area contributed by atoms with E-state index in [1.165, 1.54) is 5.19 Å². The van der Waals surface area contributed by atoms with Crippen molar-refractivity contribution in [3.8, 4) is 0 Å². The van der Waals surface area contributed by atoms with E-state index in [1.54, 1.807) is 0 Å². The van der Waals surface area contributed by atoms with Crippen LogP contribution in [0, 0.1) is 0 Å². The zero-order chi connectivity index (χ0) is 12.0. The predicted octanol–water partition coefficient (Wildman–Crippen LogP) is 4.12. The fourth-order valence-corrected chi connectivity index (χ4v) is 3.88. The van der Waals surface area contributed by atoms with E-state index in [9.17, 15) is 0 Å². The SMILES string of the molecule is C/C=C/C=C\[C@H](C)[Si](C)(C)c1ccccc1. The molecule has 0 aromatic heterocycles. The Morgan fingerprint density at radius 2 is 1.69 bits per heavy atom. The van der Waals surface area contributed by atoms with Crippen LogP contribution in [0.1, 0.15) is 13.8 Å². The van der Waals surface area contributed by atoms with Crippen LogP contribution in [0.5, 0.6) is 0 Å². The van der Waals surface area contributed by atoms with E-state index in [2.05, 4.69) is 81.6 Å². The van der Waals surface area contributed by atoms with Crippen LogP contribution >= 0.6 is 0 Å². The van der Waals surface area contributed by atoms with Crippen molar-refractivity contribution in [3.05, 3.63) is 54.6 Å². The topological polar surface area (TPSA) is 0 Å². The first-order valence-corrected chi connectivity index (χ1v) is 9.01. The van der Waals surface area contributed by atoms with E-state index >= 15 is 0 Å². The molecule has 0 amide bonds. The van der Waals surface area contributed by atoms with Crippen LogP contribution in [0.3, 0.4) is 0 Å². The molecule has 1 heteroatoms. The van der Waals surface area contributed by atoms with E-state index in [4.69, 9.17) is 0 Å². The molecule has 0 aliphatic heterocycles. The minimum Gasteiger partial charge on any atom is -0.0877 e. The molecule has 1 atom stereocenters. The molecule has 0 nitrogen and oxygen atoms in total.